The van der Waals surface area contributed by atoms with Gasteiger partial charge in [0, 0.05) is 0 Å². The molecule has 0 aromatic heterocycles. The van der Waals surface area contributed by atoms with Crippen LogP contribution in [0.4, 0.5) is 0 Å². The van der Waals surface area contributed by atoms with Gasteiger partial charge in [0.15, 0.2) is 0 Å². The summed E-state index contributed by atoms with van der Waals surface area (Å²) in [6, 6.07) is 8.73. The van der Waals surface area contributed by atoms with Crippen molar-refractivity contribution in [2.75, 3.05) is 13.1 Å². The smallest absolute Gasteiger partial charge is 0.0819 e. The first-order valence-electron chi connectivity index (χ1n) is 7.33. The lowest BCUT2D eigenvalue weighted by Gasteiger charge is -2.29. The number of aliphatic hydroxyl groups is 1. The van der Waals surface area contributed by atoms with E-state index in [1.165, 1.54) is 24.8 Å². The molecule has 2 N–H and O–H groups in total. The van der Waals surface area contributed by atoms with Gasteiger partial charge in [0.2, 0.25) is 0 Å². The van der Waals surface area contributed by atoms with E-state index in [0.717, 1.165) is 37.4 Å². The third-order valence-electron chi connectivity index (χ3n) is 4.68. The molecule has 0 radical (unpaired) electrons. The third-order valence-corrected chi connectivity index (χ3v) is 4.68. The van der Waals surface area contributed by atoms with E-state index in [1.54, 1.807) is 0 Å². The van der Waals surface area contributed by atoms with Crippen molar-refractivity contribution in [3.63, 3.8) is 0 Å². The van der Waals surface area contributed by atoms with Crippen LogP contribution < -0.4 is 5.32 Å². The Balaban J connectivity index is 1.67. The van der Waals surface area contributed by atoms with Crippen LogP contribution in [0.15, 0.2) is 24.3 Å². The van der Waals surface area contributed by atoms with E-state index in [0.29, 0.717) is 5.92 Å². The lowest BCUT2D eigenvalue weighted by molar-refractivity contribution is 0.0889. The van der Waals surface area contributed by atoms with E-state index >= 15 is 0 Å². The number of piperidine rings is 1. The minimum atomic E-state index is -0.275. The summed E-state index contributed by atoms with van der Waals surface area (Å²) in [4.78, 5) is 0. The summed E-state index contributed by atoms with van der Waals surface area (Å²) in [6.45, 7) is 2.09. The molecule has 1 aliphatic heterocycles. The molecule has 1 aliphatic carbocycles. The molecule has 0 spiro atoms. The minimum absolute atomic E-state index is 0.275. The van der Waals surface area contributed by atoms with Crippen molar-refractivity contribution in [2.24, 2.45) is 5.92 Å². The van der Waals surface area contributed by atoms with Crippen molar-refractivity contribution in [1.29, 1.82) is 0 Å². The fraction of sp³-hybridized carbons (Fsp3) is 0.625. The predicted octanol–water partition coefficient (Wildman–Crippen LogP) is 2.99. The molecule has 1 unspecified atom stereocenters. The van der Waals surface area contributed by atoms with E-state index in [9.17, 15) is 5.11 Å². The average molecular weight is 245 g/mol. The first-order valence-corrected chi connectivity index (χ1v) is 7.33. The summed E-state index contributed by atoms with van der Waals surface area (Å²) in [7, 11) is 0. The Morgan fingerprint density at radius 2 is 1.67 bits per heavy atom. The number of rotatable bonds is 3. The van der Waals surface area contributed by atoms with Crippen molar-refractivity contribution < 1.29 is 5.11 Å². The van der Waals surface area contributed by atoms with Gasteiger partial charge < -0.3 is 10.4 Å². The molecule has 98 valence electrons. The second-order valence-electron chi connectivity index (χ2n) is 5.83. The summed E-state index contributed by atoms with van der Waals surface area (Å²) >= 11 is 0. The van der Waals surface area contributed by atoms with Crippen molar-refractivity contribution in [3.8, 4) is 0 Å². The van der Waals surface area contributed by atoms with E-state index in [4.69, 9.17) is 0 Å². The van der Waals surface area contributed by atoms with Gasteiger partial charge in [-0.3, -0.25) is 0 Å². The molecule has 0 amide bonds. The lowest BCUT2D eigenvalue weighted by Crippen LogP contribution is -2.30. The molecule has 2 heteroatoms. The Morgan fingerprint density at radius 3 is 2.22 bits per heavy atom. The molecule has 2 nitrogen and oxygen atoms in total. The zero-order valence-corrected chi connectivity index (χ0v) is 10.9. The highest BCUT2D eigenvalue weighted by molar-refractivity contribution is 5.28. The molecule has 1 atom stereocenters. The van der Waals surface area contributed by atoms with Crippen LogP contribution in [0.1, 0.15) is 55.3 Å². The van der Waals surface area contributed by atoms with Crippen molar-refractivity contribution in [3.05, 3.63) is 35.4 Å². The zero-order valence-electron chi connectivity index (χ0n) is 10.9. The minimum Gasteiger partial charge on any atom is -0.388 e. The van der Waals surface area contributed by atoms with Gasteiger partial charge >= 0.3 is 0 Å². The lowest BCUT2D eigenvalue weighted by atomic mass is 9.79. The van der Waals surface area contributed by atoms with Crippen LogP contribution >= 0.6 is 0 Å². The fourth-order valence-electron chi connectivity index (χ4n) is 3.14. The number of hydrogen-bond acceptors (Lipinski definition) is 2. The molecule has 0 bridgehead atoms. The van der Waals surface area contributed by atoms with Crippen LogP contribution in [0.5, 0.6) is 0 Å². The van der Waals surface area contributed by atoms with Gasteiger partial charge in [-0.2, -0.15) is 0 Å². The first-order chi connectivity index (χ1) is 8.84. The first kappa shape index (κ1) is 12.2. The van der Waals surface area contributed by atoms with Crippen LogP contribution in [0.2, 0.25) is 0 Å². The van der Waals surface area contributed by atoms with Crippen LogP contribution in [0.25, 0.3) is 0 Å². The average Bonchev–Trinajstić information content (AvgIpc) is 2.38. The number of aliphatic hydroxyl groups excluding tert-OH is 1. The second kappa shape index (κ2) is 5.41. The standard InChI is InChI=1S/C16H23NO/c18-16(15-8-10-17-11-9-15)14-6-4-13(5-7-14)12-2-1-3-12/h4-7,12,15-18H,1-3,8-11H2. The maximum atomic E-state index is 10.4. The highest BCUT2D eigenvalue weighted by Crippen LogP contribution is 2.37. The van der Waals surface area contributed by atoms with Gasteiger partial charge in [0.1, 0.15) is 0 Å². The molecule has 2 aliphatic rings. The Morgan fingerprint density at radius 1 is 1.00 bits per heavy atom. The van der Waals surface area contributed by atoms with E-state index in [2.05, 4.69) is 29.6 Å². The number of hydrogen-bond donors (Lipinski definition) is 2. The van der Waals surface area contributed by atoms with E-state index in [-0.39, 0.29) is 6.10 Å². The van der Waals surface area contributed by atoms with Gasteiger partial charge in [-0.25, -0.2) is 0 Å². The van der Waals surface area contributed by atoms with Crippen molar-refractivity contribution >= 4 is 0 Å². The van der Waals surface area contributed by atoms with Gasteiger partial charge in [-0.05, 0) is 61.7 Å². The number of benzene rings is 1. The van der Waals surface area contributed by atoms with Crippen LogP contribution in [-0.4, -0.2) is 18.2 Å². The Hall–Kier alpha value is -0.860. The Bertz CT molecular complexity index is 377. The van der Waals surface area contributed by atoms with E-state index in [1.807, 2.05) is 0 Å². The Labute approximate surface area is 109 Å². The quantitative estimate of drug-likeness (QED) is 0.858. The normalized spacial score (nSPS) is 23.6. The van der Waals surface area contributed by atoms with Crippen LogP contribution in [-0.2, 0) is 0 Å². The SMILES string of the molecule is OC(c1ccc(C2CCC2)cc1)C1CCNCC1. The molecule has 1 saturated heterocycles. The topological polar surface area (TPSA) is 32.3 Å². The van der Waals surface area contributed by atoms with Crippen molar-refractivity contribution in [2.45, 2.75) is 44.1 Å². The monoisotopic (exact) mass is 245 g/mol. The molecular formula is C16H23NO. The summed E-state index contributed by atoms with van der Waals surface area (Å²) in [5, 5.41) is 13.8. The molecule has 18 heavy (non-hydrogen) atoms. The van der Waals surface area contributed by atoms with Gasteiger partial charge in [0.25, 0.3) is 0 Å². The molecular weight excluding hydrogens is 222 g/mol. The summed E-state index contributed by atoms with van der Waals surface area (Å²) in [6.07, 6.45) is 5.97. The predicted molar refractivity (Wildman–Crippen MR) is 73.6 cm³/mol. The summed E-state index contributed by atoms with van der Waals surface area (Å²) < 4.78 is 0. The van der Waals surface area contributed by atoms with Gasteiger partial charge in [0.05, 0.1) is 6.10 Å². The van der Waals surface area contributed by atoms with Crippen LogP contribution in [0.3, 0.4) is 0 Å². The summed E-state index contributed by atoms with van der Waals surface area (Å²) in [5.41, 5.74) is 2.56. The van der Waals surface area contributed by atoms with Gasteiger partial charge in [-0.1, -0.05) is 30.7 Å². The van der Waals surface area contributed by atoms with E-state index < -0.39 is 0 Å². The summed E-state index contributed by atoms with van der Waals surface area (Å²) in [5.74, 6) is 1.22. The Kier molecular flexibility index (Phi) is 3.67. The van der Waals surface area contributed by atoms with Crippen LogP contribution in [0, 0.1) is 5.92 Å². The highest BCUT2D eigenvalue weighted by atomic mass is 16.3. The molecule has 1 aromatic rings. The zero-order chi connectivity index (χ0) is 12.4. The molecule has 1 heterocycles. The molecule has 2 fully saturated rings. The fourth-order valence-corrected chi connectivity index (χ4v) is 3.14. The maximum Gasteiger partial charge on any atom is 0.0819 e. The maximum absolute atomic E-state index is 10.4. The second-order valence-corrected chi connectivity index (χ2v) is 5.83. The van der Waals surface area contributed by atoms with Crippen molar-refractivity contribution in [1.82, 2.24) is 5.32 Å². The molecule has 1 saturated carbocycles. The largest absolute Gasteiger partial charge is 0.388 e. The molecule has 1 aromatic carbocycles. The van der Waals surface area contributed by atoms with Gasteiger partial charge in [-0.15, -0.1) is 0 Å². The molecule has 3 rings (SSSR count). The number of nitrogens with one attached hydrogen (secondary N) is 1. The third kappa shape index (κ3) is 2.45. The highest BCUT2D eigenvalue weighted by Gasteiger charge is 2.24.